The molecule has 2 aliphatic rings. The van der Waals surface area contributed by atoms with Crippen LogP contribution >= 0.6 is 0 Å². The van der Waals surface area contributed by atoms with Crippen LogP contribution in [-0.2, 0) is 11.3 Å². The molecule has 2 saturated carbocycles. The van der Waals surface area contributed by atoms with E-state index < -0.39 is 0 Å². The van der Waals surface area contributed by atoms with Gasteiger partial charge >= 0.3 is 0 Å². The number of aromatic nitrogens is 1. The molecule has 0 aromatic carbocycles. The maximum absolute atomic E-state index is 6.08. The van der Waals surface area contributed by atoms with Crippen molar-refractivity contribution in [2.45, 2.75) is 70.4 Å². The summed E-state index contributed by atoms with van der Waals surface area (Å²) in [6.07, 6.45) is 13.3. The summed E-state index contributed by atoms with van der Waals surface area (Å²) < 4.78 is 11.4. The van der Waals surface area contributed by atoms with Crippen molar-refractivity contribution in [1.82, 2.24) is 15.6 Å². The van der Waals surface area contributed by atoms with E-state index in [1.807, 2.05) is 25.4 Å². The third-order valence-electron chi connectivity index (χ3n) is 6.20. The highest BCUT2D eigenvalue weighted by molar-refractivity contribution is 5.79. The van der Waals surface area contributed by atoms with Crippen molar-refractivity contribution in [2.24, 2.45) is 10.4 Å². The number of ether oxygens (including phenoxy) is 2. The summed E-state index contributed by atoms with van der Waals surface area (Å²) in [5, 5.41) is 6.93. The summed E-state index contributed by atoms with van der Waals surface area (Å²) in [5.41, 5.74) is 1.52. The van der Waals surface area contributed by atoms with Gasteiger partial charge in [0.15, 0.2) is 5.96 Å². The summed E-state index contributed by atoms with van der Waals surface area (Å²) in [5.74, 6) is 1.58. The molecule has 0 amide bonds. The molecular weight excluding hydrogens is 352 g/mol. The molecule has 0 unspecified atom stereocenters. The van der Waals surface area contributed by atoms with Gasteiger partial charge in [-0.25, -0.2) is 4.98 Å². The highest BCUT2D eigenvalue weighted by Crippen LogP contribution is 2.43. The molecule has 1 aromatic heterocycles. The SMILES string of the molecule is CN=C(NCc1ccnc(OC2CCCCC2)c1)NCC1(CCOC)CCC1. The van der Waals surface area contributed by atoms with Gasteiger partial charge in [0, 0.05) is 46.1 Å². The lowest BCUT2D eigenvalue weighted by molar-refractivity contribution is 0.0732. The lowest BCUT2D eigenvalue weighted by atomic mass is 9.67. The van der Waals surface area contributed by atoms with Gasteiger partial charge in [0.1, 0.15) is 6.10 Å². The molecule has 2 fully saturated rings. The molecule has 0 atom stereocenters. The van der Waals surface area contributed by atoms with Crippen LogP contribution in [0.25, 0.3) is 0 Å². The fourth-order valence-corrected chi connectivity index (χ4v) is 4.17. The van der Waals surface area contributed by atoms with Crippen molar-refractivity contribution in [3.05, 3.63) is 23.9 Å². The Morgan fingerprint density at radius 2 is 2.04 bits per heavy atom. The van der Waals surface area contributed by atoms with Gasteiger partial charge in [0.25, 0.3) is 0 Å². The monoisotopic (exact) mass is 388 g/mol. The second-order valence-electron chi connectivity index (χ2n) is 8.26. The summed E-state index contributed by atoms with van der Waals surface area (Å²) >= 11 is 0. The molecule has 2 N–H and O–H groups in total. The quantitative estimate of drug-likeness (QED) is 0.499. The largest absolute Gasteiger partial charge is 0.474 e. The minimum absolute atomic E-state index is 0.324. The van der Waals surface area contributed by atoms with Crippen LogP contribution in [0.15, 0.2) is 23.3 Å². The number of guanidine groups is 1. The molecule has 0 spiro atoms. The number of rotatable bonds is 9. The first-order valence-electron chi connectivity index (χ1n) is 10.8. The van der Waals surface area contributed by atoms with Crippen LogP contribution in [0, 0.1) is 5.41 Å². The normalized spacial score (nSPS) is 19.7. The third-order valence-corrected chi connectivity index (χ3v) is 6.20. The van der Waals surface area contributed by atoms with Gasteiger partial charge in [-0.2, -0.15) is 0 Å². The smallest absolute Gasteiger partial charge is 0.213 e. The second-order valence-corrected chi connectivity index (χ2v) is 8.26. The molecule has 28 heavy (non-hydrogen) atoms. The van der Waals surface area contributed by atoms with Crippen molar-refractivity contribution < 1.29 is 9.47 Å². The Kier molecular flexibility index (Phi) is 7.95. The Morgan fingerprint density at radius 3 is 2.71 bits per heavy atom. The van der Waals surface area contributed by atoms with Gasteiger partial charge < -0.3 is 20.1 Å². The maximum atomic E-state index is 6.08. The van der Waals surface area contributed by atoms with Crippen LogP contribution in [0.2, 0.25) is 0 Å². The molecule has 3 rings (SSSR count). The van der Waals surface area contributed by atoms with E-state index in [1.165, 1.54) is 38.5 Å². The van der Waals surface area contributed by atoms with Gasteiger partial charge in [0.2, 0.25) is 5.88 Å². The van der Waals surface area contributed by atoms with Gasteiger partial charge in [-0.05, 0) is 62.0 Å². The van der Waals surface area contributed by atoms with Crippen LogP contribution in [-0.4, -0.2) is 44.4 Å². The summed E-state index contributed by atoms with van der Waals surface area (Å²) in [6.45, 7) is 2.48. The van der Waals surface area contributed by atoms with Crippen molar-refractivity contribution in [2.75, 3.05) is 27.3 Å². The molecular formula is C22H36N4O2. The predicted molar refractivity (Wildman–Crippen MR) is 113 cm³/mol. The number of methoxy groups -OCH3 is 1. The molecule has 6 heteroatoms. The van der Waals surface area contributed by atoms with E-state index in [4.69, 9.17) is 9.47 Å². The zero-order chi connectivity index (χ0) is 19.7. The molecule has 0 bridgehead atoms. The van der Waals surface area contributed by atoms with Gasteiger partial charge in [-0.1, -0.05) is 12.8 Å². The number of hydrogen-bond donors (Lipinski definition) is 2. The predicted octanol–water partition coefficient (Wildman–Crippen LogP) is 3.66. The Bertz CT molecular complexity index is 625. The number of hydrogen-bond acceptors (Lipinski definition) is 4. The number of nitrogens with one attached hydrogen (secondary N) is 2. The first-order valence-corrected chi connectivity index (χ1v) is 10.8. The van der Waals surface area contributed by atoms with Gasteiger partial charge in [0.05, 0.1) is 0 Å². The van der Waals surface area contributed by atoms with Crippen LogP contribution in [0.4, 0.5) is 0 Å². The molecule has 1 heterocycles. The van der Waals surface area contributed by atoms with Crippen molar-refractivity contribution in [3.8, 4) is 5.88 Å². The topological polar surface area (TPSA) is 67.8 Å². The molecule has 156 valence electrons. The third kappa shape index (κ3) is 6.09. The van der Waals surface area contributed by atoms with Gasteiger partial charge in [-0.3, -0.25) is 4.99 Å². The van der Waals surface area contributed by atoms with Crippen LogP contribution in [0.3, 0.4) is 0 Å². The maximum Gasteiger partial charge on any atom is 0.213 e. The summed E-state index contributed by atoms with van der Waals surface area (Å²) in [7, 11) is 3.60. The van der Waals surface area contributed by atoms with E-state index in [-0.39, 0.29) is 0 Å². The van der Waals surface area contributed by atoms with Crippen LogP contribution in [0.5, 0.6) is 5.88 Å². The Hall–Kier alpha value is -1.82. The van der Waals surface area contributed by atoms with Crippen LogP contribution < -0.4 is 15.4 Å². The lowest BCUT2D eigenvalue weighted by Gasteiger charge is -2.42. The fraction of sp³-hybridized carbons (Fsp3) is 0.727. The Balaban J connectivity index is 1.46. The minimum Gasteiger partial charge on any atom is -0.474 e. The zero-order valence-corrected chi connectivity index (χ0v) is 17.5. The Morgan fingerprint density at radius 1 is 1.21 bits per heavy atom. The average molecular weight is 389 g/mol. The molecule has 1 aromatic rings. The van der Waals surface area contributed by atoms with Gasteiger partial charge in [-0.15, -0.1) is 0 Å². The second kappa shape index (κ2) is 10.6. The van der Waals surface area contributed by atoms with Crippen molar-refractivity contribution in [1.29, 1.82) is 0 Å². The lowest BCUT2D eigenvalue weighted by Crippen LogP contribution is -2.46. The van der Waals surface area contributed by atoms with Crippen molar-refractivity contribution >= 4 is 5.96 Å². The number of pyridine rings is 1. The van der Waals surface area contributed by atoms with E-state index in [1.54, 1.807) is 7.11 Å². The Labute approximate surface area is 169 Å². The highest BCUT2D eigenvalue weighted by atomic mass is 16.5. The molecule has 6 nitrogen and oxygen atoms in total. The van der Waals surface area contributed by atoms with E-state index in [0.717, 1.165) is 49.8 Å². The van der Waals surface area contributed by atoms with Crippen molar-refractivity contribution in [3.63, 3.8) is 0 Å². The van der Waals surface area contributed by atoms with Crippen LogP contribution in [0.1, 0.15) is 63.4 Å². The molecule has 0 radical (unpaired) electrons. The standard InChI is InChI=1S/C22H36N4O2/c1-23-21(26-17-22(10-6-11-22)12-14-27-2)25-16-18-9-13-24-20(15-18)28-19-7-4-3-5-8-19/h9,13,15,19H,3-8,10-12,14,16-17H2,1-2H3,(H2,23,25,26). The molecule has 0 aliphatic heterocycles. The minimum atomic E-state index is 0.324. The molecule has 0 saturated heterocycles. The summed E-state index contributed by atoms with van der Waals surface area (Å²) in [4.78, 5) is 8.77. The van der Waals surface area contributed by atoms with E-state index >= 15 is 0 Å². The van der Waals surface area contributed by atoms with E-state index in [0.29, 0.717) is 18.1 Å². The fourth-order valence-electron chi connectivity index (χ4n) is 4.17. The first kappa shape index (κ1) is 20.9. The molecule has 2 aliphatic carbocycles. The first-order chi connectivity index (χ1) is 13.7. The number of nitrogens with zero attached hydrogens (tertiary/aromatic N) is 2. The zero-order valence-electron chi connectivity index (χ0n) is 17.5. The van der Waals surface area contributed by atoms with E-state index in [9.17, 15) is 0 Å². The highest BCUT2D eigenvalue weighted by Gasteiger charge is 2.36. The number of aliphatic imine (C=N–C) groups is 1. The summed E-state index contributed by atoms with van der Waals surface area (Å²) in [6, 6.07) is 4.07. The van der Waals surface area contributed by atoms with E-state index in [2.05, 4.69) is 20.6 Å². The average Bonchev–Trinajstić information content (AvgIpc) is 2.70.